The van der Waals surface area contributed by atoms with Gasteiger partial charge >= 0.3 is 5.97 Å². The summed E-state index contributed by atoms with van der Waals surface area (Å²) in [5, 5.41) is 0. The fourth-order valence-electron chi connectivity index (χ4n) is 4.45. The first-order valence-corrected chi connectivity index (χ1v) is 6.63. The molecule has 3 fully saturated rings. The number of ketones is 1. The Morgan fingerprint density at radius 1 is 1.29 bits per heavy atom. The summed E-state index contributed by atoms with van der Waals surface area (Å²) in [6.45, 7) is 6.01. The minimum atomic E-state index is -0.449. The van der Waals surface area contributed by atoms with E-state index in [4.69, 9.17) is 4.74 Å². The van der Waals surface area contributed by atoms with E-state index in [0.29, 0.717) is 24.0 Å². The average Bonchev–Trinajstić information content (AvgIpc) is 2.50. The molecule has 4 atom stereocenters. The molecule has 0 amide bonds. The average molecular weight is 236 g/mol. The SMILES string of the molecule is CC1C[C@H]2CCC(=O)[C@@H]1C21CC(C)(C)C(=O)O1. The zero-order valence-electron chi connectivity index (χ0n) is 10.8. The second-order valence-electron chi connectivity index (χ2n) is 6.80. The van der Waals surface area contributed by atoms with Crippen LogP contribution in [0.1, 0.15) is 46.5 Å². The topological polar surface area (TPSA) is 43.4 Å². The van der Waals surface area contributed by atoms with Gasteiger partial charge in [-0.05, 0) is 32.6 Å². The van der Waals surface area contributed by atoms with Crippen LogP contribution in [0.3, 0.4) is 0 Å². The Labute approximate surface area is 102 Å². The third kappa shape index (κ3) is 1.28. The zero-order chi connectivity index (χ0) is 12.4. The number of rotatable bonds is 0. The molecule has 2 unspecified atom stereocenters. The van der Waals surface area contributed by atoms with Gasteiger partial charge in [0.05, 0.1) is 11.3 Å². The lowest BCUT2D eigenvalue weighted by Crippen LogP contribution is -2.48. The van der Waals surface area contributed by atoms with Crippen LogP contribution in [0.15, 0.2) is 0 Å². The fraction of sp³-hybridized carbons (Fsp3) is 0.857. The van der Waals surface area contributed by atoms with Crippen molar-refractivity contribution in [1.29, 1.82) is 0 Å². The van der Waals surface area contributed by atoms with Crippen molar-refractivity contribution in [2.75, 3.05) is 0 Å². The number of ether oxygens (including phenoxy) is 1. The van der Waals surface area contributed by atoms with Gasteiger partial charge in [-0.2, -0.15) is 0 Å². The first-order chi connectivity index (χ1) is 7.87. The van der Waals surface area contributed by atoms with Crippen molar-refractivity contribution in [3.63, 3.8) is 0 Å². The molecule has 3 nitrogen and oxygen atoms in total. The molecule has 1 heterocycles. The monoisotopic (exact) mass is 236 g/mol. The van der Waals surface area contributed by atoms with Crippen molar-refractivity contribution < 1.29 is 14.3 Å². The van der Waals surface area contributed by atoms with Crippen LogP contribution in [-0.2, 0) is 14.3 Å². The molecular formula is C14H20O3. The summed E-state index contributed by atoms with van der Waals surface area (Å²) in [5.74, 6) is 0.947. The Balaban J connectivity index is 2.04. The van der Waals surface area contributed by atoms with Gasteiger partial charge in [-0.3, -0.25) is 9.59 Å². The molecule has 1 saturated heterocycles. The maximum absolute atomic E-state index is 12.1. The van der Waals surface area contributed by atoms with E-state index in [1.807, 2.05) is 13.8 Å². The summed E-state index contributed by atoms with van der Waals surface area (Å²) < 4.78 is 5.77. The Bertz CT molecular complexity index is 398. The van der Waals surface area contributed by atoms with Crippen LogP contribution in [0.5, 0.6) is 0 Å². The fourth-order valence-corrected chi connectivity index (χ4v) is 4.45. The van der Waals surface area contributed by atoms with Gasteiger partial charge in [0.25, 0.3) is 0 Å². The van der Waals surface area contributed by atoms with Crippen LogP contribution in [0.2, 0.25) is 0 Å². The van der Waals surface area contributed by atoms with Crippen LogP contribution in [0.25, 0.3) is 0 Å². The number of esters is 1. The van der Waals surface area contributed by atoms with Crippen molar-refractivity contribution in [3.05, 3.63) is 0 Å². The minimum Gasteiger partial charge on any atom is -0.458 e. The Kier molecular flexibility index (Phi) is 2.06. The predicted octanol–water partition coefficient (Wildman–Crippen LogP) is 2.33. The molecule has 0 N–H and O–H groups in total. The van der Waals surface area contributed by atoms with E-state index in [1.54, 1.807) is 0 Å². The summed E-state index contributed by atoms with van der Waals surface area (Å²) in [4.78, 5) is 24.1. The van der Waals surface area contributed by atoms with Gasteiger partial charge in [-0.15, -0.1) is 0 Å². The second-order valence-corrected chi connectivity index (χ2v) is 6.80. The van der Waals surface area contributed by atoms with Crippen molar-refractivity contribution in [3.8, 4) is 0 Å². The standard InChI is InChI=1S/C14H20O3/c1-8-6-9-4-5-10(15)11(8)14(9)7-13(2,3)12(16)17-14/h8-9,11H,4-7H2,1-3H3/t8?,9-,11-,14?/m1/s1. The van der Waals surface area contributed by atoms with E-state index in [2.05, 4.69) is 6.92 Å². The van der Waals surface area contributed by atoms with Gasteiger partial charge in [-0.1, -0.05) is 6.92 Å². The number of carbonyl (C=O) groups is 2. The molecule has 94 valence electrons. The van der Waals surface area contributed by atoms with Gasteiger partial charge < -0.3 is 4.74 Å². The van der Waals surface area contributed by atoms with Crippen LogP contribution in [-0.4, -0.2) is 17.4 Å². The van der Waals surface area contributed by atoms with Crippen LogP contribution in [0.4, 0.5) is 0 Å². The lowest BCUT2D eigenvalue weighted by atomic mass is 9.68. The third-order valence-electron chi connectivity index (χ3n) is 5.08. The highest BCUT2D eigenvalue weighted by molar-refractivity contribution is 5.87. The normalized spacial score (nSPS) is 47.6. The molecule has 1 aliphatic heterocycles. The van der Waals surface area contributed by atoms with E-state index in [-0.39, 0.29) is 11.9 Å². The van der Waals surface area contributed by atoms with Gasteiger partial charge in [0.2, 0.25) is 0 Å². The molecule has 2 aliphatic carbocycles. The lowest BCUT2D eigenvalue weighted by Gasteiger charge is -2.39. The van der Waals surface area contributed by atoms with E-state index >= 15 is 0 Å². The number of hydrogen-bond donors (Lipinski definition) is 0. The Morgan fingerprint density at radius 3 is 2.59 bits per heavy atom. The molecule has 3 rings (SSSR count). The number of carbonyl (C=O) groups excluding carboxylic acids is 2. The Hall–Kier alpha value is -0.860. The van der Waals surface area contributed by atoms with E-state index in [1.165, 1.54) is 0 Å². The highest BCUT2D eigenvalue weighted by atomic mass is 16.6. The van der Waals surface area contributed by atoms with Crippen molar-refractivity contribution in [2.45, 2.75) is 52.1 Å². The van der Waals surface area contributed by atoms with Gasteiger partial charge in [0, 0.05) is 18.8 Å². The molecule has 1 spiro atoms. The first kappa shape index (κ1) is 11.2. The van der Waals surface area contributed by atoms with E-state index < -0.39 is 11.0 Å². The molecule has 3 heteroatoms. The molecule has 3 aliphatic rings. The highest BCUT2D eigenvalue weighted by Gasteiger charge is 2.66. The molecule has 0 aromatic heterocycles. The minimum absolute atomic E-state index is 0.0352. The van der Waals surface area contributed by atoms with Crippen LogP contribution >= 0.6 is 0 Å². The van der Waals surface area contributed by atoms with E-state index in [0.717, 1.165) is 19.3 Å². The van der Waals surface area contributed by atoms with Crippen molar-refractivity contribution >= 4 is 11.8 Å². The maximum Gasteiger partial charge on any atom is 0.312 e. The van der Waals surface area contributed by atoms with Gasteiger partial charge in [0.1, 0.15) is 11.4 Å². The highest BCUT2D eigenvalue weighted by Crippen LogP contribution is 2.60. The largest absolute Gasteiger partial charge is 0.458 e. The van der Waals surface area contributed by atoms with Crippen molar-refractivity contribution in [2.24, 2.45) is 23.2 Å². The van der Waals surface area contributed by atoms with E-state index in [9.17, 15) is 9.59 Å². The van der Waals surface area contributed by atoms with Crippen LogP contribution < -0.4 is 0 Å². The lowest BCUT2D eigenvalue weighted by molar-refractivity contribution is -0.164. The maximum atomic E-state index is 12.1. The molecule has 0 radical (unpaired) electrons. The smallest absolute Gasteiger partial charge is 0.312 e. The molecule has 17 heavy (non-hydrogen) atoms. The quantitative estimate of drug-likeness (QED) is 0.606. The summed E-state index contributed by atoms with van der Waals surface area (Å²) in [6.07, 6.45) is 3.35. The molecule has 0 aromatic carbocycles. The Morgan fingerprint density at radius 2 is 2.00 bits per heavy atom. The second kappa shape index (κ2) is 3.12. The summed E-state index contributed by atoms with van der Waals surface area (Å²) >= 11 is 0. The number of Topliss-reactive ketones (excluding diaryl/α,β-unsaturated/α-hetero) is 1. The van der Waals surface area contributed by atoms with Crippen molar-refractivity contribution in [1.82, 2.24) is 0 Å². The summed E-state index contributed by atoms with van der Waals surface area (Å²) in [7, 11) is 0. The van der Waals surface area contributed by atoms with Crippen LogP contribution in [0, 0.1) is 23.2 Å². The molecule has 0 aromatic rings. The van der Waals surface area contributed by atoms with Gasteiger partial charge in [0.15, 0.2) is 0 Å². The number of hydrogen-bond acceptors (Lipinski definition) is 3. The third-order valence-corrected chi connectivity index (χ3v) is 5.08. The zero-order valence-corrected chi connectivity index (χ0v) is 10.8. The summed E-state index contributed by atoms with van der Waals surface area (Å²) in [5.41, 5.74) is -0.868. The first-order valence-electron chi connectivity index (χ1n) is 6.63. The molecule has 2 saturated carbocycles. The molecular weight excluding hydrogens is 216 g/mol. The molecule has 2 bridgehead atoms. The predicted molar refractivity (Wildman–Crippen MR) is 62.2 cm³/mol. The summed E-state index contributed by atoms with van der Waals surface area (Å²) in [6, 6.07) is 0. The van der Waals surface area contributed by atoms with Gasteiger partial charge in [-0.25, -0.2) is 0 Å².